The maximum absolute atomic E-state index is 12.9. The van der Waals surface area contributed by atoms with Gasteiger partial charge in [-0.2, -0.15) is 0 Å². The SMILES string of the molecule is COCCNc1cncc(C(=O)N2c3ccccc3CC2C)c1. The number of carbonyl (C=O) groups is 1. The molecule has 1 aliphatic heterocycles. The second-order valence-corrected chi connectivity index (χ2v) is 5.74. The van der Waals surface area contributed by atoms with Gasteiger partial charge in [0.15, 0.2) is 0 Å². The zero-order valence-electron chi connectivity index (χ0n) is 13.5. The van der Waals surface area contributed by atoms with Gasteiger partial charge in [-0.1, -0.05) is 18.2 Å². The molecule has 2 heterocycles. The van der Waals surface area contributed by atoms with E-state index in [1.807, 2.05) is 29.2 Å². The molecule has 3 rings (SSSR count). The number of nitrogens with one attached hydrogen (secondary N) is 1. The van der Waals surface area contributed by atoms with Gasteiger partial charge in [0.05, 0.1) is 17.9 Å². The number of rotatable bonds is 5. The molecule has 5 heteroatoms. The Bertz CT molecular complexity index is 702. The first kappa shape index (κ1) is 15.5. The Morgan fingerprint density at radius 3 is 3.04 bits per heavy atom. The highest BCUT2D eigenvalue weighted by Crippen LogP contribution is 2.33. The topological polar surface area (TPSA) is 54.5 Å². The van der Waals surface area contributed by atoms with Crippen molar-refractivity contribution in [2.45, 2.75) is 19.4 Å². The molecular formula is C18H21N3O2. The monoisotopic (exact) mass is 311 g/mol. The van der Waals surface area contributed by atoms with E-state index in [9.17, 15) is 4.79 Å². The van der Waals surface area contributed by atoms with E-state index in [0.29, 0.717) is 18.7 Å². The fourth-order valence-electron chi connectivity index (χ4n) is 2.97. The van der Waals surface area contributed by atoms with Crippen LogP contribution in [0.4, 0.5) is 11.4 Å². The number of carbonyl (C=O) groups excluding carboxylic acids is 1. The molecule has 0 saturated heterocycles. The number of fused-ring (bicyclic) bond motifs is 1. The summed E-state index contributed by atoms with van der Waals surface area (Å²) in [7, 11) is 1.66. The van der Waals surface area contributed by atoms with Crippen molar-refractivity contribution < 1.29 is 9.53 Å². The highest BCUT2D eigenvalue weighted by molar-refractivity contribution is 6.08. The largest absolute Gasteiger partial charge is 0.383 e. The molecular weight excluding hydrogens is 290 g/mol. The zero-order valence-corrected chi connectivity index (χ0v) is 13.5. The molecule has 1 unspecified atom stereocenters. The Balaban J connectivity index is 1.82. The van der Waals surface area contributed by atoms with Crippen LogP contribution in [0.2, 0.25) is 0 Å². The van der Waals surface area contributed by atoms with Crippen molar-refractivity contribution in [1.29, 1.82) is 0 Å². The number of para-hydroxylation sites is 1. The molecule has 1 aromatic carbocycles. The van der Waals surface area contributed by atoms with Gasteiger partial charge in [-0.3, -0.25) is 9.78 Å². The number of benzene rings is 1. The minimum atomic E-state index is -0.00894. The van der Waals surface area contributed by atoms with Crippen LogP contribution in [-0.4, -0.2) is 37.2 Å². The van der Waals surface area contributed by atoms with Gasteiger partial charge in [-0.05, 0) is 31.0 Å². The molecule has 5 nitrogen and oxygen atoms in total. The molecule has 0 fully saturated rings. The summed E-state index contributed by atoms with van der Waals surface area (Å²) < 4.78 is 5.02. The fourth-order valence-corrected chi connectivity index (χ4v) is 2.97. The fraction of sp³-hybridized carbons (Fsp3) is 0.333. The van der Waals surface area contributed by atoms with Crippen LogP contribution in [0.1, 0.15) is 22.8 Å². The molecule has 120 valence electrons. The number of nitrogens with zero attached hydrogens (tertiary/aromatic N) is 2. The molecule has 1 amide bonds. The Kier molecular flexibility index (Phi) is 4.57. The minimum absolute atomic E-state index is 0.00894. The van der Waals surface area contributed by atoms with Crippen LogP contribution in [0.5, 0.6) is 0 Å². The summed E-state index contributed by atoms with van der Waals surface area (Å²) in [5, 5.41) is 3.20. The summed E-state index contributed by atoms with van der Waals surface area (Å²) in [6, 6.07) is 10.1. The first-order valence-electron chi connectivity index (χ1n) is 7.80. The van der Waals surface area contributed by atoms with Gasteiger partial charge in [0.2, 0.25) is 0 Å². The van der Waals surface area contributed by atoms with Crippen LogP contribution in [0, 0.1) is 0 Å². The molecule has 0 radical (unpaired) electrons. The molecule has 0 spiro atoms. The average molecular weight is 311 g/mol. The number of anilines is 2. The van der Waals surface area contributed by atoms with Gasteiger partial charge in [-0.25, -0.2) is 0 Å². The number of pyridine rings is 1. The lowest BCUT2D eigenvalue weighted by Gasteiger charge is -2.23. The molecule has 1 atom stereocenters. The van der Waals surface area contributed by atoms with Crippen molar-refractivity contribution in [2.24, 2.45) is 0 Å². The number of methoxy groups -OCH3 is 1. The zero-order chi connectivity index (χ0) is 16.2. The van der Waals surface area contributed by atoms with Crippen molar-refractivity contribution in [3.05, 3.63) is 53.9 Å². The second kappa shape index (κ2) is 6.79. The van der Waals surface area contributed by atoms with Crippen LogP contribution >= 0.6 is 0 Å². The standard InChI is InChI=1S/C18H21N3O2/c1-13-9-14-5-3-4-6-17(14)21(13)18(22)15-10-16(12-19-11-15)20-7-8-23-2/h3-6,10-13,20H,7-9H2,1-2H3. The smallest absolute Gasteiger partial charge is 0.260 e. The number of ether oxygens (including phenoxy) is 1. The lowest BCUT2D eigenvalue weighted by Crippen LogP contribution is -2.35. The van der Waals surface area contributed by atoms with E-state index in [4.69, 9.17) is 4.74 Å². The van der Waals surface area contributed by atoms with Crippen LogP contribution in [0.25, 0.3) is 0 Å². The van der Waals surface area contributed by atoms with Crippen molar-refractivity contribution >= 4 is 17.3 Å². The first-order chi connectivity index (χ1) is 11.2. The molecule has 1 N–H and O–H groups in total. The number of aromatic nitrogens is 1. The predicted molar refractivity (Wildman–Crippen MR) is 91.0 cm³/mol. The van der Waals surface area contributed by atoms with Crippen LogP contribution in [0.3, 0.4) is 0 Å². The molecule has 23 heavy (non-hydrogen) atoms. The third kappa shape index (κ3) is 3.19. The van der Waals surface area contributed by atoms with Crippen molar-refractivity contribution in [2.75, 3.05) is 30.5 Å². The lowest BCUT2D eigenvalue weighted by molar-refractivity contribution is 0.0981. The second-order valence-electron chi connectivity index (χ2n) is 5.74. The summed E-state index contributed by atoms with van der Waals surface area (Å²) in [6.07, 6.45) is 4.23. The van der Waals surface area contributed by atoms with Crippen molar-refractivity contribution in [3.63, 3.8) is 0 Å². The number of hydrogen-bond acceptors (Lipinski definition) is 4. The van der Waals surface area contributed by atoms with E-state index in [1.165, 1.54) is 5.56 Å². The molecule has 1 aliphatic rings. The summed E-state index contributed by atoms with van der Waals surface area (Å²) in [6.45, 7) is 3.36. The lowest BCUT2D eigenvalue weighted by atomic mass is 10.1. The Morgan fingerprint density at radius 2 is 2.22 bits per heavy atom. The average Bonchev–Trinajstić information content (AvgIpc) is 2.90. The van der Waals surface area contributed by atoms with Crippen LogP contribution in [-0.2, 0) is 11.2 Å². The summed E-state index contributed by atoms with van der Waals surface area (Å²) >= 11 is 0. The van der Waals surface area contributed by atoms with Crippen molar-refractivity contribution in [1.82, 2.24) is 4.98 Å². The van der Waals surface area contributed by atoms with Crippen LogP contribution in [0.15, 0.2) is 42.7 Å². The normalized spacial score (nSPS) is 16.3. The van der Waals surface area contributed by atoms with Gasteiger partial charge in [0.1, 0.15) is 0 Å². The number of amides is 1. The van der Waals surface area contributed by atoms with Gasteiger partial charge >= 0.3 is 0 Å². The quantitative estimate of drug-likeness (QED) is 0.863. The van der Waals surface area contributed by atoms with E-state index in [0.717, 1.165) is 17.8 Å². The minimum Gasteiger partial charge on any atom is -0.383 e. The van der Waals surface area contributed by atoms with Gasteiger partial charge < -0.3 is 15.0 Å². The van der Waals surface area contributed by atoms with Gasteiger partial charge in [0, 0.05) is 37.8 Å². The maximum atomic E-state index is 12.9. The van der Waals surface area contributed by atoms with Gasteiger partial charge in [0.25, 0.3) is 5.91 Å². The highest BCUT2D eigenvalue weighted by Gasteiger charge is 2.31. The Labute approximate surface area is 136 Å². The predicted octanol–water partition coefficient (Wildman–Crippen LogP) is 2.73. The maximum Gasteiger partial charge on any atom is 0.260 e. The van der Waals surface area contributed by atoms with Crippen molar-refractivity contribution in [3.8, 4) is 0 Å². The summed E-state index contributed by atoms with van der Waals surface area (Å²) in [5.41, 5.74) is 3.64. The van der Waals surface area contributed by atoms with E-state index in [2.05, 4.69) is 23.3 Å². The molecule has 0 aliphatic carbocycles. The van der Waals surface area contributed by atoms with E-state index < -0.39 is 0 Å². The molecule has 0 saturated carbocycles. The van der Waals surface area contributed by atoms with E-state index in [-0.39, 0.29) is 11.9 Å². The Hall–Kier alpha value is -2.40. The first-order valence-corrected chi connectivity index (χ1v) is 7.80. The third-order valence-electron chi connectivity index (χ3n) is 4.05. The molecule has 2 aromatic rings. The highest BCUT2D eigenvalue weighted by atomic mass is 16.5. The Morgan fingerprint density at radius 1 is 1.39 bits per heavy atom. The van der Waals surface area contributed by atoms with Crippen LogP contribution < -0.4 is 10.2 Å². The third-order valence-corrected chi connectivity index (χ3v) is 4.05. The summed E-state index contributed by atoms with van der Waals surface area (Å²) in [5.74, 6) is -0.00894. The van der Waals surface area contributed by atoms with Gasteiger partial charge in [-0.15, -0.1) is 0 Å². The molecule has 1 aromatic heterocycles. The van der Waals surface area contributed by atoms with E-state index >= 15 is 0 Å². The number of hydrogen-bond donors (Lipinski definition) is 1. The summed E-state index contributed by atoms with van der Waals surface area (Å²) in [4.78, 5) is 19.0. The van der Waals surface area contributed by atoms with E-state index in [1.54, 1.807) is 19.5 Å². The molecule has 0 bridgehead atoms.